The number of H-pyrrole nitrogens is 1. The van der Waals surface area contributed by atoms with Gasteiger partial charge in [-0.1, -0.05) is 36.4 Å². The van der Waals surface area contributed by atoms with Crippen molar-refractivity contribution in [2.24, 2.45) is 0 Å². The summed E-state index contributed by atoms with van der Waals surface area (Å²) in [5.41, 5.74) is 4.09. The zero-order valence-electron chi connectivity index (χ0n) is 21.2. The van der Waals surface area contributed by atoms with E-state index in [2.05, 4.69) is 4.98 Å². The van der Waals surface area contributed by atoms with Gasteiger partial charge in [0.05, 0.1) is 20.8 Å². The Labute approximate surface area is 219 Å². The molecular formula is C30H28FN3O4. The molecule has 7 nitrogen and oxygen atoms in total. The number of ether oxygens (including phenoxy) is 2. The molecule has 3 aromatic carbocycles. The van der Waals surface area contributed by atoms with Gasteiger partial charge in [0.25, 0.3) is 0 Å². The van der Waals surface area contributed by atoms with E-state index < -0.39 is 12.1 Å². The number of nitrogens with one attached hydrogen (secondary N) is 1. The first-order valence-electron chi connectivity index (χ1n) is 12.6. The van der Waals surface area contributed by atoms with Crippen molar-refractivity contribution in [2.45, 2.75) is 24.9 Å². The Bertz CT molecular complexity index is 1550. The maximum Gasteiger partial charge on any atom is 0.246 e. The van der Waals surface area contributed by atoms with Crippen LogP contribution in [0.15, 0.2) is 66.7 Å². The molecule has 1 unspecified atom stereocenters. The number of amides is 2. The highest BCUT2D eigenvalue weighted by molar-refractivity contribution is 5.97. The summed E-state index contributed by atoms with van der Waals surface area (Å²) in [6, 6.07) is 18.7. The van der Waals surface area contributed by atoms with Gasteiger partial charge in [-0.15, -0.1) is 0 Å². The van der Waals surface area contributed by atoms with Gasteiger partial charge in [-0.2, -0.15) is 0 Å². The van der Waals surface area contributed by atoms with Crippen LogP contribution in [0.25, 0.3) is 10.9 Å². The lowest BCUT2D eigenvalue weighted by molar-refractivity contribution is -0.158. The Balaban J connectivity index is 1.44. The molecule has 4 aromatic rings. The Morgan fingerprint density at radius 3 is 2.58 bits per heavy atom. The van der Waals surface area contributed by atoms with Crippen molar-refractivity contribution in [1.82, 2.24) is 14.8 Å². The van der Waals surface area contributed by atoms with Crippen LogP contribution in [-0.2, 0) is 22.4 Å². The molecule has 194 valence electrons. The minimum Gasteiger partial charge on any atom is -0.497 e. The van der Waals surface area contributed by atoms with Gasteiger partial charge in [-0.3, -0.25) is 9.59 Å². The van der Waals surface area contributed by atoms with Crippen molar-refractivity contribution >= 4 is 22.7 Å². The Hall–Kier alpha value is -4.33. The molecule has 0 radical (unpaired) electrons. The molecule has 2 aliphatic heterocycles. The van der Waals surface area contributed by atoms with Crippen molar-refractivity contribution in [3.8, 4) is 11.5 Å². The van der Waals surface area contributed by atoms with Crippen molar-refractivity contribution in [1.29, 1.82) is 0 Å². The lowest BCUT2D eigenvalue weighted by atomic mass is 9.85. The summed E-state index contributed by atoms with van der Waals surface area (Å²) >= 11 is 0. The molecule has 1 N–H and O–H groups in total. The normalized spacial score (nSPS) is 18.9. The smallest absolute Gasteiger partial charge is 0.246 e. The van der Waals surface area contributed by atoms with E-state index in [9.17, 15) is 14.0 Å². The van der Waals surface area contributed by atoms with E-state index in [-0.39, 0.29) is 30.7 Å². The molecule has 0 spiro atoms. The fraction of sp³-hybridized carbons (Fsp3) is 0.267. The number of rotatable bonds is 6. The number of hydrogen-bond donors (Lipinski definition) is 1. The molecule has 0 aliphatic carbocycles. The molecule has 8 heteroatoms. The van der Waals surface area contributed by atoms with Gasteiger partial charge >= 0.3 is 0 Å². The number of benzene rings is 3. The summed E-state index contributed by atoms with van der Waals surface area (Å²) in [6.45, 7) is 0.200. The zero-order chi connectivity index (χ0) is 26.4. The fourth-order valence-corrected chi connectivity index (χ4v) is 5.85. The first-order chi connectivity index (χ1) is 18.5. The first-order valence-corrected chi connectivity index (χ1v) is 12.6. The molecule has 2 amide bonds. The summed E-state index contributed by atoms with van der Waals surface area (Å²) in [7, 11) is 3.18. The lowest BCUT2D eigenvalue weighted by Gasteiger charge is -2.47. The number of aromatic nitrogens is 1. The topological polar surface area (TPSA) is 74.9 Å². The second kappa shape index (κ2) is 9.52. The maximum atomic E-state index is 14.2. The van der Waals surface area contributed by atoms with E-state index in [1.807, 2.05) is 42.5 Å². The number of piperazine rings is 1. The highest BCUT2D eigenvalue weighted by Crippen LogP contribution is 2.45. The fourth-order valence-electron chi connectivity index (χ4n) is 5.85. The average Bonchev–Trinajstić information content (AvgIpc) is 3.32. The van der Waals surface area contributed by atoms with E-state index in [1.165, 1.54) is 6.07 Å². The van der Waals surface area contributed by atoms with Crippen LogP contribution in [0, 0.1) is 5.82 Å². The average molecular weight is 514 g/mol. The number of carbonyl (C=O) groups excluding carboxylic acids is 2. The third-order valence-electron chi connectivity index (χ3n) is 7.68. The lowest BCUT2D eigenvalue weighted by Crippen LogP contribution is -2.63. The van der Waals surface area contributed by atoms with Crippen LogP contribution in [0.1, 0.15) is 28.4 Å². The molecule has 3 heterocycles. The van der Waals surface area contributed by atoms with Gasteiger partial charge in [0.15, 0.2) is 0 Å². The largest absolute Gasteiger partial charge is 0.497 e. The van der Waals surface area contributed by atoms with Gasteiger partial charge in [0, 0.05) is 35.1 Å². The predicted molar refractivity (Wildman–Crippen MR) is 141 cm³/mol. The molecule has 6 rings (SSSR count). The zero-order valence-corrected chi connectivity index (χ0v) is 21.2. The summed E-state index contributed by atoms with van der Waals surface area (Å²) in [6.07, 6.45) is 0.729. The molecule has 0 saturated carbocycles. The van der Waals surface area contributed by atoms with Gasteiger partial charge in [-0.25, -0.2) is 4.39 Å². The summed E-state index contributed by atoms with van der Waals surface area (Å²) in [5, 5.41) is 1.03. The SMILES string of the molecule is COc1ccc(OC)c(C2c3[nH]c4ccccc4c3C[C@H]3C(=O)N(CCc4ccccc4F)CC(=O)N23)c1. The Morgan fingerprint density at radius 2 is 1.79 bits per heavy atom. The predicted octanol–water partition coefficient (Wildman–Crippen LogP) is 4.25. The molecular weight excluding hydrogens is 485 g/mol. The monoisotopic (exact) mass is 513 g/mol. The van der Waals surface area contributed by atoms with Crippen LogP contribution in [0.2, 0.25) is 0 Å². The molecule has 1 saturated heterocycles. The molecule has 1 fully saturated rings. The van der Waals surface area contributed by atoms with E-state index in [0.717, 1.165) is 27.7 Å². The van der Waals surface area contributed by atoms with Gasteiger partial charge in [-0.05, 0) is 47.9 Å². The van der Waals surface area contributed by atoms with Crippen LogP contribution in [0.3, 0.4) is 0 Å². The molecule has 1 aromatic heterocycles. The standard InChI is InChI=1S/C30H28FN3O4/c1-37-19-11-12-26(38-2)22(15-19)29-28-21(20-8-4-6-10-24(20)32-28)16-25-30(36)33(17-27(35)34(25)29)14-13-18-7-3-5-9-23(18)31/h3-12,15,25,29,32H,13-14,16-17H2,1-2H3/t25-,29?/m0/s1. The minimum atomic E-state index is -0.690. The van der Waals surface area contributed by atoms with E-state index in [0.29, 0.717) is 29.9 Å². The number of fused-ring (bicyclic) bond motifs is 4. The quantitative estimate of drug-likeness (QED) is 0.418. The van der Waals surface area contributed by atoms with Crippen LogP contribution in [0.5, 0.6) is 11.5 Å². The van der Waals surface area contributed by atoms with Gasteiger partial charge in [0.1, 0.15) is 29.4 Å². The number of nitrogens with zero attached hydrogens (tertiary/aromatic N) is 2. The Kier molecular flexibility index (Phi) is 6.02. The van der Waals surface area contributed by atoms with Crippen LogP contribution >= 0.6 is 0 Å². The van der Waals surface area contributed by atoms with E-state index >= 15 is 0 Å². The summed E-state index contributed by atoms with van der Waals surface area (Å²) < 4.78 is 25.4. The first kappa shape index (κ1) is 24.0. The minimum absolute atomic E-state index is 0.0673. The highest BCUT2D eigenvalue weighted by atomic mass is 19.1. The third kappa shape index (κ3) is 3.88. The number of carbonyl (C=O) groups is 2. The number of halogens is 1. The molecule has 0 bridgehead atoms. The number of para-hydroxylation sites is 1. The van der Waals surface area contributed by atoms with Gasteiger partial charge in [0.2, 0.25) is 11.8 Å². The maximum absolute atomic E-state index is 14.2. The third-order valence-corrected chi connectivity index (χ3v) is 7.68. The van der Waals surface area contributed by atoms with Crippen molar-refractivity contribution in [3.63, 3.8) is 0 Å². The van der Waals surface area contributed by atoms with Crippen molar-refractivity contribution in [2.75, 3.05) is 27.3 Å². The number of methoxy groups -OCH3 is 2. The van der Waals surface area contributed by atoms with Crippen LogP contribution in [0.4, 0.5) is 4.39 Å². The highest BCUT2D eigenvalue weighted by Gasteiger charge is 2.48. The van der Waals surface area contributed by atoms with Crippen molar-refractivity contribution in [3.05, 3.63) is 94.9 Å². The van der Waals surface area contributed by atoms with E-state index in [1.54, 1.807) is 42.2 Å². The summed E-state index contributed by atoms with van der Waals surface area (Å²) in [4.78, 5) is 34.5. The van der Waals surface area contributed by atoms with Crippen LogP contribution in [-0.4, -0.2) is 59.9 Å². The van der Waals surface area contributed by atoms with Crippen molar-refractivity contribution < 1.29 is 23.5 Å². The second-order valence-electron chi connectivity index (χ2n) is 9.70. The Morgan fingerprint density at radius 1 is 1.00 bits per heavy atom. The number of aromatic amines is 1. The number of hydrogen-bond acceptors (Lipinski definition) is 4. The van der Waals surface area contributed by atoms with Gasteiger partial charge < -0.3 is 24.3 Å². The molecule has 38 heavy (non-hydrogen) atoms. The van der Waals surface area contributed by atoms with Crippen LogP contribution < -0.4 is 9.47 Å². The molecule has 2 atom stereocenters. The second-order valence-corrected chi connectivity index (χ2v) is 9.70. The molecule has 2 aliphatic rings. The van der Waals surface area contributed by atoms with E-state index in [4.69, 9.17) is 9.47 Å². The summed E-state index contributed by atoms with van der Waals surface area (Å²) in [5.74, 6) is 0.619.